The van der Waals surface area contributed by atoms with Gasteiger partial charge in [-0.2, -0.15) is 0 Å². The van der Waals surface area contributed by atoms with Crippen LogP contribution in [0.3, 0.4) is 0 Å². The van der Waals surface area contributed by atoms with Gasteiger partial charge >= 0.3 is 78.6 Å². The standard InChI is InChI=1S/C6H6Te.Ag/c7-6-4-2-1-3-5-6;/h1-5,7H;/q;+1/p-1. The fourth-order valence-electron chi connectivity index (χ4n) is 0.420. The molecule has 0 aliphatic rings. The van der Waals surface area contributed by atoms with Crippen molar-refractivity contribution in [3.05, 3.63) is 30.3 Å². The van der Waals surface area contributed by atoms with Crippen molar-refractivity contribution in [2.24, 2.45) is 0 Å². The van der Waals surface area contributed by atoms with E-state index in [0.717, 1.165) is 0 Å². The fraction of sp³-hybridized carbons (Fsp3) is 0. The number of rotatable bonds is 0. The average molecular weight is 313 g/mol. The van der Waals surface area contributed by atoms with Crippen molar-refractivity contribution in [2.45, 2.75) is 0 Å². The third-order valence-corrected chi connectivity index (χ3v) is 1.52. The Morgan fingerprint density at radius 3 is 1.75 bits per heavy atom. The van der Waals surface area contributed by atoms with Gasteiger partial charge in [0.2, 0.25) is 0 Å². The summed E-state index contributed by atoms with van der Waals surface area (Å²) in [6.07, 6.45) is 0. The van der Waals surface area contributed by atoms with Crippen LogP contribution in [0.15, 0.2) is 30.3 Å². The summed E-state index contributed by atoms with van der Waals surface area (Å²) in [6.45, 7) is 0. The number of benzene rings is 1. The molecule has 46 valence electrons. The van der Waals surface area contributed by atoms with E-state index in [-0.39, 0.29) is 22.4 Å². The van der Waals surface area contributed by atoms with Gasteiger partial charge in [0.15, 0.2) is 0 Å². The van der Waals surface area contributed by atoms with Gasteiger partial charge in [-0.05, 0) is 0 Å². The molecule has 0 aliphatic carbocycles. The Labute approximate surface area is 78.1 Å². The molecule has 0 aliphatic heterocycles. The van der Waals surface area contributed by atoms with Gasteiger partial charge < -0.3 is 0 Å². The molecule has 0 N–H and O–H groups in total. The van der Waals surface area contributed by atoms with E-state index in [0.29, 0.717) is 0 Å². The van der Waals surface area contributed by atoms with Crippen LogP contribution in [0.5, 0.6) is 0 Å². The van der Waals surface area contributed by atoms with Gasteiger partial charge in [0, 0.05) is 0 Å². The molecule has 0 nitrogen and oxygen atoms in total. The summed E-state index contributed by atoms with van der Waals surface area (Å²) in [5.41, 5.74) is 0. The molecule has 2 heteroatoms. The Morgan fingerprint density at radius 1 is 1.00 bits per heavy atom. The van der Waals surface area contributed by atoms with Gasteiger partial charge in [-0.15, -0.1) is 0 Å². The minimum atomic E-state index is 0. The molecule has 0 spiro atoms. The van der Waals surface area contributed by atoms with Crippen molar-refractivity contribution < 1.29 is 22.4 Å². The van der Waals surface area contributed by atoms with E-state index in [1.807, 2.05) is 40.5 Å². The number of hydrogen-bond acceptors (Lipinski definition) is 0. The van der Waals surface area contributed by atoms with Crippen LogP contribution in [-0.4, -0.2) is 22.3 Å². The summed E-state index contributed by atoms with van der Waals surface area (Å²) < 4.78 is 1.33. The summed E-state index contributed by atoms with van der Waals surface area (Å²) in [7, 11) is 0. The second-order valence-corrected chi connectivity index (χ2v) is 2.66. The monoisotopic (exact) mass is 314 g/mol. The Hall–Kier alpha value is 0.750. The Morgan fingerprint density at radius 2 is 1.50 bits per heavy atom. The first-order valence-corrected chi connectivity index (χ1v) is 3.28. The third kappa shape index (κ3) is 2.91. The van der Waals surface area contributed by atoms with Crippen LogP contribution >= 0.6 is 0 Å². The van der Waals surface area contributed by atoms with Crippen LogP contribution in [0.1, 0.15) is 0 Å². The molecule has 0 heterocycles. The van der Waals surface area contributed by atoms with Crippen LogP contribution in [0.4, 0.5) is 0 Å². The van der Waals surface area contributed by atoms with Crippen LogP contribution in [0, 0.1) is 0 Å². The van der Waals surface area contributed by atoms with Crippen molar-refractivity contribution in [3.63, 3.8) is 0 Å². The van der Waals surface area contributed by atoms with Gasteiger partial charge in [-0.3, -0.25) is 0 Å². The van der Waals surface area contributed by atoms with Gasteiger partial charge in [0.25, 0.3) is 0 Å². The summed E-state index contributed by atoms with van der Waals surface area (Å²) in [5.74, 6) is 0. The van der Waals surface area contributed by atoms with Crippen molar-refractivity contribution >= 4 is 25.9 Å². The van der Waals surface area contributed by atoms with Gasteiger partial charge in [0.05, 0.1) is 0 Å². The Balaban J connectivity index is 0.000000490. The molecular formula is C6H5AgTe. The predicted octanol–water partition coefficient (Wildman–Crippen LogP) is 0.478. The minimum absolute atomic E-state index is 0. The van der Waals surface area contributed by atoms with Gasteiger partial charge in [-0.1, -0.05) is 0 Å². The van der Waals surface area contributed by atoms with Crippen LogP contribution < -0.4 is 3.61 Å². The fourth-order valence-corrected chi connectivity index (χ4v) is 0.869. The normalized spacial score (nSPS) is 7.50. The zero-order valence-electron chi connectivity index (χ0n) is 4.10. The quantitative estimate of drug-likeness (QED) is 0.611. The van der Waals surface area contributed by atoms with E-state index in [9.17, 15) is 0 Å². The van der Waals surface area contributed by atoms with Crippen LogP contribution in [-0.2, 0) is 22.4 Å². The zero-order chi connectivity index (χ0) is 5.11. The molecule has 0 saturated carbocycles. The summed E-state index contributed by atoms with van der Waals surface area (Å²) >= 11 is 2.02. The first-order valence-electron chi connectivity index (χ1n) is 2.11. The van der Waals surface area contributed by atoms with Crippen LogP contribution in [0.25, 0.3) is 0 Å². The molecule has 0 unspecified atom stereocenters. The molecule has 8 heavy (non-hydrogen) atoms. The van der Waals surface area contributed by atoms with E-state index in [1.165, 1.54) is 3.61 Å². The molecule has 1 aromatic carbocycles. The molecule has 0 amide bonds. The molecular weight excluding hydrogens is 308 g/mol. The molecule has 0 saturated heterocycles. The first-order chi connectivity index (χ1) is 3.39. The zero-order valence-corrected chi connectivity index (χ0v) is 7.91. The van der Waals surface area contributed by atoms with Crippen molar-refractivity contribution in [2.75, 3.05) is 0 Å². The second-order valence-electron chi connectivity index (χ2n) is 1.31. The van der Waals surface area contributed by atoms with E-state index >= 15 is 0 Å². The maximum atomic E-state index is 2.09. The Bertz CT molecular complexity index is 138. The molecule has 0 fully saturated rings. The molecule has 0 radical (unpaired) electrons. The Kier molecular flexibility index (Phi) is 5.04. The summed E-state index contributed by atoms with van der Waals surface area (Å²) in [4.78, 5) is 0. The molecule has 0 bridgehead atoms. The maximum absolute atomic E-state index is 2.09. The van der Waals surface area contributed by atoms with Crippen molar-refractivity contribution in [3.8, 4) is 0 Å². The second kappa shape index (κ2) is 4.61. The van der Waals surface area contributed by atoms with Gasteiger partial charge in [0.1, 0.15) is 0 Å². The van der Waals surface area contributed by atoms with Crippen molar-refractivity contribution in [1.29, 1.82) is 0 Å². The average Bonchev–Trinajstić information content (AvgIpc) is 1.69. The summed E-state index contributed by atoms with van der Waals surface area (Å²) in [6, 6.07) is 10.3. The SMILES string of the molecule is [Ag+].[Te-]c1ccccc1. The van der Waals surface area contributed by atoms with E-state index in [2.05, 4.69) is 12.1 Å². The molecule has 1 aromatic rings. The van der Waals surface area contributed by atoms with E-state index in [1.54, 1.807) is 0 Å². The van der Waals surface area contributed by atoms with Gasteiger partial charge in [-0.25, -0.2) is 0 Å². The van der Waals surface area contributed by atoms with Crippen LogP contribution in [0.2, 0.25) is 0 Å². The van der Waals surface area contributed by atoms with E-state index in [4.69, 9.17) is 0 Å². The molecule has 1 rings (SSSR count). The number of hydrogen-bond donors (Lipinski definition) is 0. The topological polar surface area (TPSA) is 0 Å². The third-order valence-electron chi connectivity index (χ3n) is 0.743. The molecule has 0 aromatic heterocycles. The summed E-state index contributed by atoms with van der Waals surface area (Å²) in [5, 5.41) is 0. The first kappa shape index (κ1) is 8.75. The van der Waals surface area contributed by atoms with Crippen molar-refractivity contribution in [1.82, 2.24) is 0 Å². The van der Waals surface area contributed by atoms with E-state index < -0.39 is 0 Å². The molecule has 0 atom stereocenters. The predicted molar refractivity (Wildman–Crippen MR) is 31.8 cm³/mol.